The number of ether oxygens (including phenoxy) is 2. The van der Waals surface area contributed by atoms with Gasteiger partial charge in [0.25, 0.3) is 5.91 Å². The molecule has 0 aromatic rings. The summed E-state index contributed by atoms with van der Waals surface area (Å²) in [6.07, 6.45) is -5.35. The number of nitrogens with two attached hydrogens (primary N) is 2. The molecular formula is C12H20N4O7. The number of esters is 1. The van der Waals surface area contributed by atoms with Crippen molar-refractivity contribution in [2.24, 2.45) is 11.5 Å². The fourth-order valence-electron chi connectivity index (χ4n) is 1.80. The minimum atomic E-state index is -1.50. The zero-order chi connectivity index (χ0) is 17.7. The molecule has 0 aliphatic carbocycles. The first-order valence-electron chi connectivity index (χ1n) is 6.69. The summed E-state index contributed by atoms with van der Waals surface area (Å²) < 4.78 is 9.62. The molecule has 4 unspecified atom stereocenters. The molecule has 130 valence electrons. The topological polar surface area (TPSA) is 201 Å². The highest BCUT2D eigenvalue weighted by atomic mass is 16.6. The van der Waals surface area contributed by atoms with Crippen molar-refractivity contribution in [1.29, 1.82) is 5.41 Å². The summed E-state index contributed by atoms with van der Waals surface area (Å²) in [6, 6.07) is 0. The SMILES string of the molecule is CCOC(=O)C(N)=C(N)C(=N)C(=O)NC1OC(CO)C(O)C1O. The van der Waals surface area contributed by atoms with Gasteiger partial charge in [0.15, 0.2) is 6.23 Å². The van der Waals surface area contributed by atoms with Gasteiger partial charge in [-0.1, -0.05) is 0 Å². The van der Waals surface area contributed by atoms with E-state index in [0.29, 0.717) is 0 Å². The van der Waals surface area contributed by atoms with Gasteiger partial charge in [-0.15, -0.1) is 0 Å². The Bertz CT molecular complexity index is 522. The Morgan fingerprint density at radius 3 is 2.35 bits per heavy atom. The summed E-state index contributed by atoms with van der Waals surface area (Å²) in [5.74, 6) is -2.07. The third-order valence-electron chi connectivity index (χ3n) is 3.10. The van der Waals surface area contributed by atoms with Crippen LogP contribution in [0, 0.1) is 5.41 Å². The summed E-state index contributed by atoms with van der Waals surface area (Å²) in [4.78, 5) is 23.3. The van der Waals surface area contributed by atoms with Gasteiger partial charge < -0.3 is 41.6 Å². The van der Waals surface area contributed by atoms with Crippen molar-refractivity contribution in [3.63, 3.8) is 0 Å². The lowest BCUT2D eigenvalue weighted by molar-refractivity contribution is -0.138. The number of amides is 1. The van der Waals surface area contributed by atoms with E-state index in [2.05, 4.69) is 10.1 Å². The van der Waals surface area contributed by atoms with Gasteiger partial charge in [-0.25, -0.2) is 4.79 Å². The number of aliphatic hydroxyl groups is 3. The normalized spacial score (nSPS) is 28.0. The van der Waals surface area contributed by atoms with Crippen molar-refractivity contribution >= 4 is 17.6 Å². The number of carbonyl (C=O) groups is 2. The van der Waals surface area contributed by atoms with Crippen LogP contribution in [-0.4, -0.2) is 70.7 Å². The molecule has 0 spiro atoms. The molecule has 0 saturated carbocycles. The van der Waals surface area contributed by atoms with Crippen molar-refractivity contribution in [3.8, 4) is 0 Å². The van der Waals surface area contributed by atoms with E-state index in [0.717, 1.165) is 0 Å². The molecule has 11 nitrogen and oxygen atoms in total. The third-order valence-corrected chi connectivity index (χ3v) is 3.10. The van der Waals surface area contributed by atoms with Gasteiger partial charge in [0.05, 0.1) is 18.9 Å². The molecule has 0 aromatic heterocycles. The zero-order valence-electron chi connectivity index (χ0n) is 12.4. The Kier molecular flexibility index (Phi) is 6.45. The van der Waals surface area contributed by atoms with Gasteiger partial charge in [-0.05, 0) is 6.92 Å². The van der Waals surface area contributed by atoms with E-state index in [-0.39, 0.29) is 6.61 Å². The highest BCUT2D eigenvalue weighted by Gasteiger charge is 2.43. The number of rotatable bonds is 6. The molecule has 1 saturated heterocycles. The van der Waals surface area contributed by atoms with Crippen LogP contribution in [0.2, 0.25) is 0 Å². The second-order valence-corrected chi connectivity index (χ2v) is 4.66. The van der Waals surface area contributed by atoms with E-state index < -0.39 is 60.1 Å². The molecule has 1 amide bonds. The third kappa shape index (κ3) is 4.16. The maximum Gasteiger partial charge on any atom is 0.356 e. The van der Waals surface area contributed by atoms with Crippen LogP contribution in [0.4, 0.5) is 0 Å². The molecule has 0 aromatic carbocycles. The van der Waals surface area contributed by atoms with E-state index in [1.807, 2.05) is 0 Å². The Morgan fingerprint density at radius 2 is 1.87 bits per heavy atom. The van der Waals surface area contributed by atoms with Gasteiger partial charge >= 0.3 is 5.97 Å². The first-order chi connectivity index (χ1) is 10.7. The van der Waals surface area contributed by atoms with E-state index in [4.69, 9.17) is 26.7 Å². The van der Waals surface area contributed by atoms with Crippen LogP contribution in [0.5, 0.6) is 0 Å². The van der Waals surface area contributed by atoms with Crippen molar-refractivity contribution in [2.45, 2.75) is 31.5 Å². The first-order valence-corrected chi connectivity index (χ1v) is 6.69. The number of nitrogens with one attached hydrogen (secondary N) is 2. The largest absolute Gasteiger partial charge is 0.461 e. The van der Waals surface area contributed by atoms with E-state index in [9.17, 15) is 19.8 Å². The summed E-state index contributed by atoms with van der Waals surface area (Å²) in [5.41, 5.74) is 8.80. The molecule has 4 atom stereocenters. The van der Waals surface area contributed by atoms with Gasteiger partial charge in [-0.3, -0.25) is 10.2 Å². The lowest BCUT2D eigenvalue weighted by Gasteiger charge is -2.17. The second kappa shape index (κ2) is 7.87. The minimum Gasteiger partial charge on any atom is -0.461 e. The predicted molar refractivity (Wildman–Crippen MR) is 75.7 cm³/mol. The number of aliphatic hydroxyl groups excluding tert-OH is 3. The maximum absolute atomic E-state index is 11.9. The van der Waals surface area contributed by atoms with E-state index in [1.165, 1.54) is 0 Å². The van der Waals surface area contributed by atoms with E-state index in [1.54, 1.807) is 6.92 Å². The maximum atomic E-state index is 11.9. The first kappa shape index (κ1) is 18.8. The minimum absolute atomic E-state index is 0.0366. The standard InChI is InChI=1S/C12H20N4O7/c1-2-22-12(21)7(15)5(13)6(14)10(20)16-11-9(19)8(18)4(3-17)23-11/h4,8-9,11,14,17-19H,2-3,13,15H2,1H3,(H,16,20). The smallest absolute Gasteiger partial charge is 0.356 e. The summed E-state index contributed by atoms with van der Waals surface area (Å²) >= 11 is 0. The van der Waals surface area contributed by atoms with Crippen molar-refractivity contribution in [1.82, 2.24) is 5.32 Å². The average Bonchev–Trinajstić information content (AvgIpc) is 2.80. The molecule has 0 bridgehead atoms. The number of carbonyl (C=O) groups excluding carboxylic acids is 2. The Balaban J connectivity index is 2.76. The Morgan fingerprint density at radius 1 is 1.26 bits per heavy atom. The monoisotopic (exact) mass is 332 g/mol. The van der Waals surface area contributed by atoms with Crippen LogP contribution in [0.1, 0.15) is 6.92 Å². The van der Waals surface area contributed by atoms with Gasteiger partial charge in [-0.2, -0.15) is 0 Å². The number of hydrogen-bond acceptors (Lipinski definition) is 10. The van der Waals surface area contributed by atoms with Gasteiger partial charge in [0.2, 0.25) is 0 Å². The molecule has 1 aliphatic rings. The fraction of sp³-hybridized carbons (Fsp3) is 0.583. The average molecular weight is 332 g/mol. The predicted octanol–water partition coefficient (Wildman–Crippen LogP) is -3.75. The van der Waals surface area contributed by atoms with Crippen LogP contribution in [0.3, 0.4) is 0 Å². The van der Waals surface area contributed by atoms with Crippen LogP contribution >= 0.6 is 0 Å². The fourth-order valence-corrected chi connectivity index (χ4v) is 1.80. The van der Waals surface area contributed by atoms with E-state index >= 15 is 0 Å². The van der Waals surface area contributed by atoms with Crippen molar-refractivity contribution < 1.29 is 34.4 Å². The molecule has 0 radical (unpaired) electrons. The molecule has 1 heterocycles. The van der Waals surface area contributed by atoms with Gasteiger partial charge in [0.1, 0.15) is 29.7 Å². The second-order valence-electron chi connectivity index (χ2n) is 4.66. The molecule has 1 rings (SSSR count). The summed E-state index contributed by atoms with van der Waals surface area (Å²) in [7, 11) is 0. The lowest BCUT2D eigenvalue weighted by Crippen LogP contribution is -2.47. The lowest BCUT2D eigenvalue weighted by atomic mass is 10.1. The molecule has 9 N–H and O–H groups in total. The van der Waals surface area contributed by atoms with Crippen LogP contribution in [-0.2, 0) is 19.1 Å². The van der Waals surface area contributed by atoms with Gasteiger partial charge in [0, 0.05) is 0 Å². The highest BCUT2D eigenvalue weighted by molar-refractivity contribution is 6.44. The van der Waals surface area contributed by atoms with Crippen molar-refractivity contribution in [2.75, 3.05) is 13.2 Å². The van der Waals surface area contributed by atoms with Crippen LogP contribution in [0.25, 0.3) is 0 Å². The quantitative estimate of drug-likeness (QED) is 0.145. The molecule has 1 fully saturated rings. The Labute approximate surface area is 131 Å². The summed E-state index contributed by atoms with van der Waals surface area (Å²) in [5, 5.41) is 37.9. The molecule has 23 heavy (non-hydrogen) atoms. The molecular weight excluding hydrogens is 312 g/mol. The number of hydrogen-bond donors (Lipinski definition) is 7. The van der Waals surface area contributed by atoms with Crippen LogP contribution in [0.15, 0.2) is 11.4 Å². The highest BCUT2D eigenvalue weighted by Crippen LogP contribution is 2.19. The van der Waals surface area contributed by atoms with Crippen LogP contribution < -0.4 is 16.8 Å². The zero-order valence-corrected chi connectivity index (χ0v) is 12.4. The Hall–Kier alpha value is -2.21. The molecule has 11 heteroatoms. The molecule has 1 aliphatic heterocycles. The van der Waals surface area contributed by atoms with Crippen molar-refractivity contribution in [3.05, 3.63) is 11.4 Å². The summed E-state index contributed by atoms with van der Waals surface area (Å²) in [6.45, 7) is 1.01.